The van der Waals surface area contributed by atoms with E-state index in [1.165, 1.54) is 6.08 Å². The minimum atomic E-state index is -0.740. The summed E-state index contributed by atoms with van der Waals surface area (Å²) < 4.78 is 0. The van der Waals surface area contributed by atoms with E-state index in [2.05, 4.69) is 10.6 Å². The zero-order chi connectivity index (χ0) is 21.8. The molecule has 0 aliphatic heterocycles. The highest BCUT2D eigenvalue weighted by atomic mass is 16.2. The van der Waals surface area contributed by atoms with Crippen molar-refractivity contribution in [1.29, 1.82) is 0 Å². The van der Waals surface area contributed by atoms with E-state index in [9.17, 15) is 14.4 Å². The number of carbonyl (C=O) groups is 3. The maximum absolute atomic E-state index is 13.1. The molecular formula is C26H22N2O3. The van der Waals surface area contributed by atoms with Gasteiger partial charge in [0.1, 0.15) is 6.04 Å². The Hall–Kier alpha value is -3.99. The smallest absolute Gasteiger partial charge is 0.247 e. The molecule has 0 spiro atoms. The molecule has 0 aromatic heterocycles. The summed E-state index contributed by atoms with van der Waals surface area (Å²) in [5.41, 5.74) is 3.49. The van der Waals surface area contributed by atoms with Crippen molar-refractivity contribution < 1.29 is 14.4 Å². The first-order valence-electron chi connectivity index (χ1n) is 10.1. The molecule has 0 saturated heterocycles. The molecule has 5 heteroatoms. The van der Waals surface area contributed by atoms with Crippen LogP contribution < -0.4 is 10.6 Å². The van der Waals surface area contributed by atoms with Crippen molar-refractivity contribution in [3.05, 3.63) is 113 Å². The van der Waals surface area contributed by atoms with Crippen LogP contribution in [0, 0.1) is 6.92 Å². The van der Waals surface area contributed by atoms with Crippen molar-refractivity contribution in [2.45, 2.75) is 19.4 Å². The van der Waals surface area contributed by atoms with Crippen molar-refractivity contribution >= 4 is 23.2 Å². The Labute approximate surface area is 180 Å². The van der Waals surface area contributed by atoms with E-state index in [4.69, 9.17) is 0 Å². The fraction of sp³-hybridized carbons (Fsp3) is 0.115. The Morgan fingerprint density at radius 1 is 0.871 bits per heavy atom. The van der Waals surface area contributed by atoms with Gasteiger partial charge in [-0.25, -0.2) is 0 Å². The molecule has 1 aliphatic rings. The summed E-state index contributed by atoms with van der Waals surface area (Å²) in [6.45, 7) is 1.95. The van der Waals surface area contributed by atoms with Gasteiger partial charge in [0.15, 0.2) is 5.78 Å². The van der Waals surface area contributed by atoms with E-state index in [-0.39, 0.29) is 23.2 Å². The minimum absolute atomic E-state index is 0.129. The van der Waals surface area contributed by atoms with Gasteiger partial charge in [-0.1, -0.05) is 66.7 Å². The first-order chi connectivity index (χ1) is 15.0. The zero-order valence-electron chi connectivity index (χ0n) is 17.1. The lowest BCUT2D eigenvalue weighted by atomic mass is 9.92. The van der Waals surface area contributed by atoms with E-state index >= 15 is 0 Å². The van der Waals surface area contributed by atoms with Crippen LogP contribution in [0.5, 0.6) is 0 Å². The number of ketones is 2. The van der Waals surface area contributed by atoms with Crippen LogP contribution in [0.3, 0.4) is 0 Å². The lowest BCUT2D eigenvalue weighted by molar-refractivity contribution is -0.117. The lowest BCUT2D eigenvalue weighted by Crippen LogP contribution is -2.44. The summed E-state index contributed by atoms with van der Waals surface area (Å²) in [6.07, 6.45) is 1.64. The molecule has 1 atom stereocenters. The topological polar surface area (TPSA) is 75.3 Å². The highest BCUT2D eigenvalue weighted by Gasteiger charge is 2.29. The number of allylic oxidation sites excluding steroid dienone is 2. The number of hydrogen-bond donors (Lipinski definition) is 2. The minimum Gasteiger partial charge on any atom is -0.370 e. The predicted molar refractivity (Wildman–Crippen MR) is 120 cm³/mol. The van der Waals surface area contributed by atoms with Gasteiger partial charge in [0.2, 0.25) is 11.7 Å². The highest BCUT2D eigenvalue weighted by Crippen LogP contribution is 2.21. The molecule has 0 saturated carbocycles. The number of aryl methyl sites for hydroxylation is 1. The largest absolute Gasteiger partial charge is 0.370 e. The molecule has 3 aromatic rings. The van der Waals surface area contributed by atoms with Crippen LogP contribution in [-0.4, -0.2) is 23.5 Å². The monoisotopic (exact) mass is 410 g/mol. The Bertz CT molecular complexity index is 1180. The molecule has 0 heterocycles. The first-order valence-corrected chi connectivity index (χ1v) is 10.1. The quantitative estimate of drug-likeness (QED) is 0.642. The summed E-state index contributed by atoms with van der Waals surface area (Å²) in [4.78, 5) is 38.6. The van der Waals surface area contributed by atoms with Crippen LogP contribution in [0.2, 0.25) is 0 Å². The number of rotatable bonds is 6. The molecule has 4 rings (SSSR count). The zero-order valence-corrected chi connectivity index (χ0v) is 17.1. The Kier molecular flexibility index (Phi) is 5.76. The summed E-state index contributed by atoms with van der Waals surface area (Å²) in [6, 6.07) is 23.0. The number of Topliss-reactive ketones (excluding diaryl/α,β-unsaturated/α-hetero) is 1. The Balaban J connectivity index is 1.61. The Morgan fingerprint density at radius 3 is 2.32 bits per heavy atom. The van der Waals surface area contributed by atoms with E-state index in [0.29, 0.717) is 23.2 Å². The van der Waals surface area contributed by atoms with Gasteiger partial charge < -0.3 is 10.6 Å². The molecule has 1 aliphatic carbocycles. The Morgan fingerprint density at radius 2 is 1.58 bits per heavy atom. The summed E-state index contributed by atoms with van der Waals surface area (Å²) >= 11 is 0. The normalized spacial score (nSPS) is 13.8. The van der Waals surface area contributed by atoms with E-state index in [0.717, 1.165) is 11.1 Å². The van der Waals surface area contributed by atoms with Gasteiger partial charge in [-0.15, -0.1) is 0 Å². The fourth-order valence-electron chi connectivity index (χ4n) is 3.62. The van der Waals surface area contributed by atoms with Crippen LogP contribution in [-0.2, 0) is 11.2 Å². The number of hydrogen-bond acceptors (Lipinski definition) is 4. The second kappa shape index (κ2) is 8.79. The van der Waals surface area contributed by atoms with Gasteiger partial charge in [0, 0.05) is 29.3 Å². The molecule has 0 radical (unpaired) electrons. The maximum Gasteiger partial charge on any atom is 0.247 e. The third kappa shape index (κ3) is 4.61. The molecular weight excluding hydrogens is 388 g/mol. The fourth-order valence-corrected chi connectivity index (χ4v) is 3.62. The van der Waals surface area contributed by atoms with E-state index in [1.807, 2.05) is 61.5 Å². The standard InChI is InChI=1S/C26H22N2O3/c1-17-8-7-11-19(14-17)27-26(31)23(15-18-9-3-2-4-10-18)28-22-16-24(29)20-12-5-6-13-21(20)25(22)30/h2-14,16,23,28H,15H2,1H3,(H,27,31)/t23-/m1/s1. The van der Waals surface area contributed by atoms with Crippen molar-refractivity contribution in [2.75, 3.05) is 5.32 Å². The molecule has 0 bridgehead atoms. The number of fused-ring (bicyclic) bond motifs is 1. The molecule has 5 nitrogen and oxygen atoms in total. The SMILES string of the molecule is Cc1cccc(NC(=O)[C@@H](Cc2ccccc2)NC2=CC(=O)c3ccccc3C2=O)c1. The average molecular weight is 410 g/mol. The maximum atomic E-state index is 13.1. The third-order valence-corrected chi connectivity index (χ3v) is 5.17. The van der Waals surface area contributed by atoms with Crippen LogP contribution in [0.4, 0.5) is 5.69 Å². The van der Waals surface area contributed by atoms with Gasteiger partial charge in [-0.3, -0.25) is 14.4 Å². The predicted octanol–water partition coefficient (Wildman–Crippen LogP) is 4.10. The van der Waals surface area contributed by atoms with Crippen LogP contribution >= 0.6 is 0 Å². The van der Waals surface area contributed by atoms with Crippen molar-refractivity contribution in [1.82, 2.24) is 5.32 Å². The number of benzene rings is 3. The molecule has 1 amide bonds. The highest BCUT2D eigenvalue weighted by molar-refractivity contribution is 6.24. The second-order valence-corrected chi connectivity index (χ2v) is 7.54. The van der Waals surface area contributed by atoms with Gasteiger partial charge in [0.25, 0.3) is 0 Å². The van der Waals surface area contributed by atoms with Crippen LogP contribution in [0.25, 0.3) is 0 Å². The molecule has 0 unspecified atom stereocenters. The van der Waals surface area contributed by atoms with Crippen molar-refractivity contribution in [3.8, 4) is 0 Å². The van der Waals surface area contributed by atoms with Gasteiger partial charge in [-0.2, -0.15) is 0 Å². The molecule has 0 fully saturated rings. The van der Waals surface area contributed by atoms with Gasteiger partial charge in [-0.05, 0) is 30.2 Å². The number of carbonyl (C=O) groups excluding carboxylic acids is 3. The van der Waals surface area contributed by atoms with E-state index in [1.54, 1.807) is 24.3 Å². The second-order valence-electron chi connectivity index (χ2n) is 7.54. The molecule has 154 valence electrons. The number of anilines is 1. The molecule has 3 aromatic carbocycles. The lowest BCUT2D eigenvalue weighted by Gasteiger charge is -2.23. The molecule has 2 N–H and O–H groups in total. The van der Waals surface area contributed by atoms with Crippen LogP contribution in [0.1, 0.15) is 31.8 Å². The summed E-state index contributed by atoms with van der Waals surface area (Å²) in [7, 11) is 0. The van der Waals surface area contributed by atoms with Crippen molar-refractivity contribution in [2.24, 2.45) is 0 Å². The van der Waals surface area contributed by atoms with Gasteiger partial charge in [0.05, 0.1) is 5.70 Å². The summed E-state index contributed by atoms with van der Waals surface area (Å²) in [5.74, 6) is -0.832. The van der Waals surface area contributed by atoms with Crippen LogP contribution in [0.15, 0.2) is 90.6 Å². The first kappa shape index (κ1) is 20.3. The van der Waals surface area contributed by atoms with E-state index < -0.39 is 6.04 Å². The number of nitrogens with one attached hydrogen (secondary N) is 2. The number of amides is 1. The molecule has 31 heavy (non-hydrogen) atoms. The third-order valence-electron chi connectivity index (χ3n) is 5.17. The summed E-state index contributed by atoms with van der Waals surface area (Å²) in [5, 5.41) is 5.95. The van der Waals surface area contributed by atoms with Crippen molar-refractivity contribution in [3.63, 3.8) is 0 Å². The van der Waals surface area contributed by atoms with Gasteiger partial charge >= 0.3 is 0 Å². The average Bonchev–Trinajstić information content (AvgIpc) is 2.77.